The van der Waals surface area contributed by atoms with Crippen molar-refractivity contribution in [1.29, 1.82) is 0 Å². The summed E-state index contributed by atoms with van der Waals surface area (Å²) < 4.78 is 0. The number of benzene rings is 1. The predicted octanol–water partition coefficient (Wildman–Crippen LogP) is 1.66. The summed E-state index contributed by atoms with van der Waals surface area (Å²) in [6, 6.07) is 6.63. The number of hydrogen-bond donors (Lipinski definition) is 2. The summed E-state index contributed by atoms with van der Waals surface area (Å²) in [5.41, 5.74) is 5.83. The van der Waals surface area contributed by atoms with Crippen LogP contribution in [0.2, 0.25) is 0 Å². The molecule has 1 atom stereocenters. The number of hydrogen-bond acceptors (Lipinski definition) is 3. The molecule has 0 aliphatic rings. The van der Waals surface area contributed by atoms with Crippen LogP contribution in [0, 0.1) is 0 Å². The smallest absolute Gasteiger partial charge is 0.252 e. The topological polar surface area (TPSA) is 72.2 Å². The van der Waals surface area contributed by atoms with E-state index >= 15 is 0 Å². The van der Waals surface area contributed by atoms with Gasteiger partial charge in [0.25, 0.3) is 5.91 Å². The molecule has 2 amide bonds. The maximum absolute atomic E-state index is 12.0. The highest BCUT2D eigenvalue weighted by Gasteiger charge is 2.15. The third-order valence-corrected chi connectivity index (χ3v) is 3.53. The van der Waals surface area contributed by atoms with Crippen molar-refractivity contribution in [3.05, 3.63) is 35.4 Å². The van der Waals surface area contributed by atoms with E-state index in [1.54, 1.807) is 36.0 Å². The number of carbonyl (C=O) groups is 2. The second-order valence-electron chi connectivity index (χ2n) is 3.94. The third-order valence-electron chi connectivity index (χ3n) is 2.39. The van der Waals surface area contributed by atoms with Crippen LogP contribution in [0.5, 0.6) is 0 Å². The zero-order chi connectivity index (χ0) is 13.5. The number of rotatable bonds is 6. The molecule has 0 fully saturated rings. The maximum Gasteiger partial charge on any atom is 0.252 e. The molecule has 0 saturated carbocycles. The van der Waals surface area contributed by atoms with E-state index in [0.29, 0.717) is 5.56 Å². The fourth-order valence-electron chi connectivity index (χ4n) is 1.53. The molecule has 1 aromatic rings. The molecule has 0 spiro atoms. The summed E-state index contributed by atoms with van der Waals surface area (Å²) in [7, 11) is 0. The van der Waals surface area contributed by atoms with Crippen LogP contribution in [0.15, 0.2) is 24.3 Å². The van der Waals surface area contributed by atoms with Gasteiger partial charge in [-0.25, -0.2) is 0 Å². The average Bonchev–Trinajstić information content (AvgIpc) is 2.36. The van der Waals surface area contributed by atoms with E-state index in [1.165, 1.54) is 0 Å². The average molecular weight is 266 g/mol. The fraction of sp³-hybridized carbons (Fsp3) is 0.385. The number of primary amides is 1. The molecule has 3 N–H and O–H groups in total. The highest BCUT2D eigenvalue weighted by molar-refractivity contribution is 7.99. The van der Waals surface area contributed by atoms with Crippen molar-refractivity contribution >= 4 is 23.6 Å². The highest BCUT2D eigenvalue weighted by Crippen LogP contribution is 2.09. The Labute approximate surface area is 111 Å². The first-order valence-electron chi connectivity index (χ1n) is 5.83. The molecule has 0 radical (unpaired) electrons. The summed E-state index contributed by atoms with van der Waals surface area (Å²) in [6.07, 6.45) is 0. The van der Waals surface area contributed by atoms with Gasteiger partial charge < -0.3 is 11.1 Å². The van der Waals surface area contributed by atoms with Crippen molar-refractivity contribution in [2.24, 2.45) is 5.73 Å². The van der Waals surface area contributed by atoms with Crippen molar-refractivity contribution < 1.29 is 9.59 Å². The number of amides is 2. The second kappa shape index (κ2) is 7.06. The number of carbonyl (C=O) groups excluding carboxylic acids is 2. The Morgan fingerprint density at radius 1 is 1.33 bits per heavy atom. The van der Waals surface area contributed by atoms with Crippen LogP contribution >= 0.6 is 11.8 Å². The lowest BCUT2D eigenvalue weighted by atomic mass is 10.1. The van der Waals surface area contributed by atoms with E-state index in [1.807, 2.05) is 6.92 Å². The van der Waals surface area contributed by atoms with Crippen LogP contribution in [-0.2, 0) is 0 Å². The largest absolute Gasteiger partial charge is 0.366 e. The van der Waals surface area contributed by atoms with E-state index in [2.05, 4.69) is 12.2 Å². The lowest BCUT2D eigenvalue weighted by Crippen LogP contribution is -2.35. The van der Waals surface area contributed by atoms with E-state index in [-0.39, 0.29) is 17.5 Å². The minimum absolute atomic E-state index is 0.0587. The molecule has 0 aliphatic heterocycles. The summed E-state index contributed by atoms with van der Waals surface area (Å²) in [4.78, 5) is 23.2. The van der Waals surface area contributed by atoms with Crippen molar-refractivity contribution in [1.82, 2.24) is 5.32 Å². The van der Waals surface area contributed by atoms with Gasteiger partial charge in [0.05, 0.1) is 11.1 Å². The number of thioether (sulfide) groups is 1. The van der Waals surface area contributed by atoms with Gasteiger partial charge in [-0.2, -0.15) is 11.8 Å². The van der Waals surface area contributed by atoms with Crippen LogP contribution in [0.3, 0.4) is 0 Å². The predicted molar refractivity (Wildman–Crippen MR) is 74.9 cm³/mol. The molecular formula is C13H18N2O2S. The van der Waals surface area contributed by atoms with Crippen molar-refractivity contribution in [3.63, 3.8) is 0 Å². The Morgan fingerprint density at radius 3 is 2.50 bits per heavy atom. The standard InChI is InChI=1S/C13H18N2O2S/c1-3-18-8-9(2)15-13(17)11-7-5-4-6-10(11)12(14)16/h4-7,9H,3,8H2,1-2H3,(H2,14,16)(H,15,17). The molecule has 18 heavy (non-hydrogen) atoms. The van der Waals surface area contributed by atoms with Crippen molar-refractivity contribution in [2.45, 2.75) is 19.9 Å². The van der Waals surface area contributed by atoms with Crippen molar-refractivity contribution in [3.8, 4) is 0 Å². The molecule has 0 aliphatic carbocycles. The van der Waals surface area contributed by atoms with E-state index in [9.17, 15) is 9.59 Å². The molecule has 1 unspecified atom stereocenters. The molecule has 5 heteroatoms. The fourth-order valence-corrected chi connectivity index (χ4v) is 2.21. The monoisotopic (exact) mass is 266 g/mol. The van der Waals surface area contributed by atoms with Gasteiger partial charge in [0.15, 0.2) is 0 Å². The normalized spacial score (nSPS) is 11.9. The van der Waals surface area contributed by atoms with Crippen LogP contribution in [-0.4, -0.2) is 29.4 Å². The molecule has 98 valence electrons. The van der Waals surface area contributed by atoms with Crippen LogP contribution < -0.4 is 11.1 Å². The Balaban J connectivity index is 2.75. The van der Waals surface area contributed by atoms with Crippen LogP contribution in [0.25, 0.3) is 0 Å². The number of nitrogens with one attached hydrogen (secondary N) is 1. The zero-order valence-corrected chi connectivity index (χ0v) is 11.4. The van der Waals surface area contributed by atoms with Gasteiger partial charge in [0, 0.05) is 11.8 Å². The molecule has 0 saturated heterocycles. The first-order valence-corrected chi connectivity index (χ1v) is 6.99. The highest BCUT2D eigenvalue weighted by atomic mass is 32.2. The Hall–Kier alpha value is -1.49. The minimum Gasteiger partial charge on any atom is -0.366 e. The summed E-state index contributed by atoms with van der Waals surface area (Å²) in [6.45, 7) is 4.01. The van der Waals surface area contributed by atoms with Gasteiger partial charge in [0.2, 0.25) is 5.91 Å². The zero-order valence-electron chi connectivity index (χ0n) is 10.6. The van der Waals surface area contributed by atoms with Crippen LogP contribution in [0.1, 0.15) is 34.6 Å². The number of nitrogens with two attached hydrogens (primary N) is 1. The lowest BCUT2D eigenvalue weighted by molar-refractivity contribution is 0.0928. The summed E-state index contributed by atoms with van der Waals surface area (Å²) in [5, 5.41) is 2.86. The molecule has 0 heterocycles. The van der Waals surface area contributed by atoms with Gasteiger partial charge in [-0.1, -0.05) is 19.1 Å². The summed E-state index contributed by atoms with van der Waals surface area (Å²) in [5.74, 6) is 1.02. The van der Waals surface area contributed by atoms with Gasteiger partial charge in [-0.05, 0) is 24.8 Å². The first kappa shape index (κ1) is 14.6. The Bertz CT molecular complexity index is 435. The molecule has 0 bridgehead atoms. The van der Waals surface area contributed by atoms with Crippen molar-refractivity contribution in [2.75, 3.05) is 11.5 Å². The van der Waals surface area contributed by atoms with E-state index in [4.69, 9.17) is 5.73 Å². The minimum atomic E-state index is -0.587. The van der Waals surface area contributed by atoms with E-state index < -0.39 is 5.91 Å². The Morgan fingerprint density at radius 2 is 1.94 bits per heavy atom. The quantitative estimate of drug-likeness (QED) is 0.822. The maximum atomic E-state index is 12.0. The molecule has 1 rings (SSSR count). The molecule has 1 aromatic carbocycles. The van der Waals surface area contributed by atoms with Gasteiger partial charge in [0.1, 0.15) is 0 Å². The Kier molecular flexibility index (Phi) is 5.71. The van der Waals surface area contributed by atoms with Gasteiger partial charge in [-0.15, -0.1) is 0 Å². The molecule has 0 aromatic heterocycles. The van der Waals surface area contributed by atoms with Gasteiger partial charge in [-0.3, -0.25) is 9.59 Å². The second-order valence-corrected chi connectivity index (χ2v) is 5.26. The lowest BCUT2D eigenvalue weighted by Gasteiger charge is -2.14. The molecular weight excluding hydrogens is 248 g/mol. The third kappa shape index (κ3) is 4.07. The summed E-state index contributed by atoms with van der Waals surface area (Å²) >= 11 is 1.76. The first-order chi connectivity index (χ1) is 8.56. The molecule has 4 nitrogen and oxygen atoms in total. The van der Waals surface area contributed by atoms with Crippen LogP contribution in [0.4, 0.5) is 0 Å². The van der Waals surface area contributed by atoms with Gasteiger partial charge >= 0.3 is 0 Å². The SMILES string of the molecule is CCSCC(C)NC(=O)c1ccccc1C(N)=O. The van der Waals surface area contributed by atoms with E-state index in [0.717, 1.165) is 11.5 Å².